The Kier molecular flexibility index (Phi) is 13.9. The van der Waals surface area contributed by atoms with Crippen LogP contribution in [0.3, 0.4) is 0 Å². The summed E-state index contributed by atoms with van der Waals surface area (Å²) >= 11 is 0. The van der Waals surface area contributed by atoms with Crippen molar-refractivity contribution in [3.05, 3.63) is 12.2 Å². The second kappa shape index (κ2) is 14.4. The van der Waals surface area contributed by atoms with E-state index in [1.165, 1.54) is 0 Å². The summed E-state index contributed by atoms with van der Waals surface area (Å²) in [4.78, 5) is 4.57. The van der Waals surface area contributed by atoms with Gasteiger partial charge < -0.3 is 19.9 Å². The lowest BCUT2D eigenvalue weighted by Crippen LogP contribution is -2.39. The topological polar surface area (TPSA) is 76.4 Å². The third kappa shape index (κ3) is 10.1. The molecule has 0 saturated carbocycles. The summed E-state index contributed by atoms with van der Waals surface area (Å²) in [5, 5.41) is 14.6. The van der Waals surface area contributed by atoms with Gasteiger partial charge in [0.1, 0.15) is 12.2 Å². The van der Waals surface area contributed by atoms with Crippen LogP contribution in [0.25, 0.3) is 0 Å². The quantitative estimate of drug-likeness (QED) is 0.233. The van der Waals surface area contributed by atoms with Crippen molar-refractivity contribution >= 4 is 29.9 Å². The molecule has 0 spiro atoms. The molecule has 0 bridgehead atoms. The number of nitrogens with one attached hydrogen (secondary N) is 2. The van der Waals surface area contributed by atoms with Crippen molar-refractivity contribution in [2.24, 2.45) is 10.9 Å². The van der Waals surface area contributed by atoms with Gasteiger partial charge in [-0.05, 0) is 19.3 Å². The third-order valence-electron chi connectivity index (χ3n) is 3.17. The van der Waals surface area contributed by atoms with Gasteiger partial charge in [0.2, 0.25) is 0 Å². The molecule has 0 atom stereocenters. The van der Waals surface area contributed by atoms with Gasteiger partial charge in [0, 0.05) is 45.8 Å². The number of rotatable bonds is 11. The van der Waals surface area contributed by atoms with Crippen molar-refractivity contribution in [2.45, 2.75) is 47.1 Å². The number of aliphatic imine (C=N–C) groups is 1. The summed E-state index contributed by atoms with van der Waals surface area (Å²) in [6.07, 6.45) is 3.61. The third-order valence-corrected chi connectivity index (χ3v) is 3.17. The molecule has 0 unspecified atom stereocenters. The van der Waals surface area contributed by atoms with Crippen LogP contribution in [-0.4, -0.2) is 53.6 Å². The van der Waals surface area contributed by atoms with Gasteiger partial charge in [-0.3, -0.25) is 4.99 Å². The minimum Gasteiger partial charge on any atom is -0.381 e. The molecule has 2 N–H and O–H groups in total. The van der Waals surface area contributed by atoms with Crippen LogP contribution in [0.2, 0.25) is 0 Å². The van der Waals surface area contributed by atoms with E-state index in [-0.39, 0.29) is 24.0 Å². The highest BCUT2D eigenvalue weighted by Crippen LogP contribution is 1.95. The van der Waals surface area contributed by atoms with E-state index in [2.05, 4.69) is 58.1 Å². The SMILES string of the molecule is CCNC(=NCCCOCC(C)C)NCCn1cnnc1CC.I. The summed E-state index contributed by atoms with van der Waals surface area (Å²) in [6.45, 7) is 13.3. The Hall–Kier alpha value is -0.900. The van der Waals surface area contributed by atoms with Crippen molar-refractivity contribution in [3.63, 3.8) is 0 Å². The van der Waals surface area contributed by atoms with E-state index in [1.807, 2.05) is 0 Å². The van der Waals surface area contributed by atoms with Gasteiger partial charge in [0.05, 0.1) is 0 Å². The van der Waals surface area contributed by atoms with Crippen molar-refractivity contribution in [1.29, 1.82) is 0 Å². The Bertz CT molecular complexity index is 450. The molecular formula is C16H33IN6O. The molecule has 0 amide bonds. The molecule has 1 rings (SSSR count). The van der Waals surface area contributed by atoms with Crippen LogP contribution in [-0.2, 0) is 17.7 Å². The second-order valence-electron chi connectivity index (χ2n) is 5.80. The first-order valence-electron chi connectivity index (χ1n) is 8.63. The highest BCUT2D eigenvalue weighted by atomic mass is 127. The highest BCUT2D eigenvalue weighted by molar-refractivity contribution is 14.0. The fraction of sp³-hybridized carbons (Fsp3) is 0.812. The van der Waals surface area contributed by atoms with Gasteiger partial charge in [0.15, 0.2) is 5.96 Å². The van der Waals surface area contributed by atoms with Crippen molar-refractivity contribution in [3.8, 4) is 0 Å². The minimum absolute atomic E-state index is 0. The number of hydrogen-bond donors (Lipinski definition) is 2. The molecule has 0 aliphatic rings. The Balaban J connectivity index is 0.00000529. The van der Waals surface area contributed by atoms with Crippen molar-refractivity contribution in [2.75, 3.05) is 32.8 Å². The largest absolute Gasteiger partial charge is 0.381 e. The van der Waals surface area contributed by atoms with Gasteiger partial charge in [-0.1, -0.05) is 20.8 Å². The van der Waals surface area contributed by atoms with Crippen molar-refractivity contribution in [1.82, 2.24) is 25.4 Å². The number of hydrogen-bond acceptors (Lipinski definition) is 4. The molecule has 140 valence electrons. The van der Waals surface area contributed by atoms with Crippen LogP contribution < -0.4 is 10.6 Å². The van der Waals surface area contributed by atoms with Crippen LogP contribution >= 0.6 is 24.0 Å². The number of aryl methyl sites for hydroxylation is 1. The monoisotopic (exact) mass is 452 g/mol. The molecule has 7 nitrogen and oxygen atoms in total. The zero-order valence-corrected chi connectivity index (χ0v) is 17.7. The Morgan fingerprint density at radius 2 is 2.12 bits per heavy atom. The van der Waals surface area contributed by atoms with E-state index in [9.17, 15) is 0 Å². The van der Waals surface area contributed by atoms with Crippen LogP contribution in [0.4, 0.5) is 0 Å². The average molecular weight is 452 g/mol. The van der Waals surface area contributed by atoms with E-state index in [0.717, 1.165) is 64.0 Å². The van der Waals surface area contributed by atoms with E-state index in [1.54, 1.807) is 6.33 Å². The number of aromatic nitrogens is 3. The maximum atomic E-state index is 5.57. The number of halogens is 1. The summed E-state index contributed by atoms with van der Waals surface area (Å²) in [5.74, 6) is 2.45. The zero-order chi connectivity index (χ0) is 16.9. The minimum atomic E-state index is 0. The molecule has 0 saturated heterocycles. The number of guanidine groups is 1. The van der Waals surface area contributed by atoms with Crippen LogP contribution in [0, 0.1) is 5.92 Å². The molecule has 8 heteroatoms. The van der Waals surface area contributed by atoms with Crippen LogP contribution in [0.5, 0.6) is 0 Å². The Morgan fingerprint density at radius 3 is 2.79 bits per heavy atom. The predicted molar refractivity (Wildman–Crippen MR) is 109 cm³/mol. The summed E-state index contributed by atoms with van der Waals surface area (Å²) < 4.78 is 7.63. The van der Waals surface area contributed by atoms with E-state index in [4.69, 9.17) is 4.74 Å². The first-order valence-corrected chi connectivity index (χ1v) is 8.63. The van der Waals surface area contributed by atoms with Gasteiger partial charge in [-0.2, -0.15) is 0 Å². The van der Waals surface area contributed by atoms with Gasteiger partial charge >= 0.3 is 0 Å². The van der Waals surface area contributed by atoms with E-state index in [0.29, 0.717) is 5.92 Å². The maximum Gasteiger partial charge on any atom is 0.191 e. The van der Waals surface area contributed by atoms with Crippen LogP contribution in [0.1, 0.15) is 39.9 Å². The fourth-order valence-electron chi connectivity index (χ4n) is 2.05. The Morgan fingerprint density at radius 1 is 1.33 bits per heavy atom. The molecular weight excluding hydrogens is 419 g/mol. The molecule has 0 aromatic carbocycles. The van der Waals surface area contributed by atoms with E-state index >= 15 is 0 Å². The lowest BCUT2D eigenvalue weighted by Gasteiger charge is -2.12. The molecule has 24 heavy (non-hydrogen) atoms. The summed E-state index contributed by atoms with van der Waals surface area (Å²) in [7, 11) is 0. The van der Waals surface area contributed by atoms with Gasteiger partial charge in [-0.25, -0.2) is 0 Å². The highest BCUT2D eigenvalue weighted by Gasteiger charge is 2.02. The normalized spacial score (nSPS) is 11.5. The lowest BCUT2D eigenvalue weighted by molar-refractivity contribution is 0.109. The van der Waals surface area contributed by atoms with Gasteiger partial charge in [-0.15, -0.1) is 34.2 Å². The first-order chi connectivity index (χ1) is 11.2. The zero-order valence-electron chi connectivity index (χ0n) is 15.4. The maximum absolute atomic E-state index is 5.57. The van der Waals surface area contributed by atoms with Crippen molar-refractivity contribution < 1.29 is 4.74 Å². The average Bonchev–Trinajstić information content (AvgIpc) is 2.97. The predicted octanol–water partition coefficient (Wildman–Crippen LogP) is 2.08. The van der Waals surface area contributed by atoms with Gasteiger partial charge in [0.25, 0.3) is 0 Å². The molecule has 0 aliphatic heterocycles. The molecule has 0 radical (unpaired) electrons. The molecule has 1 aromatic heterocycles. The fourth-order valence-corrected chi connectivity index (χ4v) is 2.05. The first kappa shape index (κ1) is 23.1. The number of nitrogens with zero attached hydrogens (tertiary/aromatic N) is 4. The Labute approximate surface area is 163 Å². The standard InChI is InChI=1S/C16H32N6O.HI/c1-5-15-21-20-13-22(15)10-9-19-16(17-6-2)18-8-7-11-23-12-14(3)4;/h13-14H,5-12H2,1-4H3,(H2,17,18,19);1H. The molecule has 0 fully saturated rings. The number of ether oxygens (including phenoxy) is 1. The lowest BCUT2D eigenvalue weighted by atomic mass is 10.2. The molecule has 1 heterocycles. The summed E-state index contributed by atoms with van der Waals surface area (Å²) in [6, 6.07) is 0. The molecule has 1 aromatic rings. The smallest absolute Gasteiger partial charge is 0.191 e. The van der Waals surface area contributed by atoms with Crippen LogP contribution in [0.15, 0.2) is 11.3 Å². The van der Waals surface area contributed by atoms with E-state index < -0.39 is 0 Å². The molecule has 0 aliphatic carbocycles. The second-order valence-corrected chi connectivity index (χ2v) is 5.80. The summed E-state index contributed by atoms with van der Waals surface area (Å²) in [5.41, 5.74) is 0.